The van der Waals surface area contributed by atoms with Crippen LogP contribution in [-0.2, 0) is 14.0 Å². The second-order valence-electron chi connectivity index (χ2n) is 14.2. The molecule has 0 aromatic rings. The van der Waals surface area contributed by atoms with Gasteiger partial charge in [0.15, 0.2) is 0 Å². The van der Waals surface area contributed by atoms with Crippen LogP contribution in [-0.4, -0.2) is 146 Å². The highest BCUT2D eigenvalue weighted by Gasteiger charge is 2.93. The van der Waals surface area contributed by atoms with Gasteiger partial charge < -0.3 is 14.0 Å². The van der Waals surface area contributed by atoms with Crippen molar-refractivity contribution in [3.05, 3.63) is 0 Å². The van der Waals surface area contributed by atoms with E-state index in [1.54, 1.807) is 0 Å². The Bertz CT molecular complexity index is 1620. The Morgan fingerprint density at radius 2 is 0.370 bits per heavy atom. The summed E-state index contributed by atoms with van der Waals surface area (Å²) < 4.78 is 530. The fourth-order valence-electron chi connectivity index (χ4n) is 4.50. The van der Waals surface area contributed by atoms with Crippen LogP contribution in [0.25, 0.3) is 0 Å². The third-order valence-corrected chi connectivity index (χ3v) is 11.1. The predicted molar refractivity (Wildman–Crippen MR) is 183 cm³/mol. The van der Waals surface area contributed by atoms with Gasteiger partial charge >= 0.3 is 115 Å². The molecular formula is C27H15BF39I3O3. The first kappa shape index (κ1) is 72.4. The summed E-state index contributed by atoms with van der Waals surface area (Å²) in [5.41, 5.74) is 0. The van der Waals surface area contributed by atoms with E-state index in [1.165, 1.54) is 0 Å². The van der Waals surface area contributed by atoms with Gasteiger partial charge in [-0.25, -0.2) is 0 Å². The molecule has 0 aliphatic carbocycles. The maximum atomic E-state index is 14.4. The molecular weight excluding hydrogens is 1500 g/mol. The normalized spacial score (nSPS) is 17.5. The van der Waals surface area contributed by atoms with E-state index < -0.39 is 166 Å². The molecule has 0 aromatic heterocycles. The zero-order chi connectivity index (χ0) is 59.7. The fraction of sp³-hybridized carbons (Fsp3) is 1.00. The summed E-state index contributed by atoms with van der Waals surface area (Å²) in [6, 6.07) is 0. The number of alkyl halides is 42. The summed E-state index contributed by atoms with van der Waals surface area (Å²) in [5.74, 6) is -121. The molecule has 0 radical (unpaired) electrons. The molecule has 0 saturated heterocycles. The van der Waals surface area contributed by atoms with E-state index in [9.17, 15) is 171 Å². The lowest BCUT2D eigenvalue weighted by molar-refractivity contribution is -0.440. The Morgan fingerprint density at radius 3 is 0.507 bits per heavy atom. The molecule has 0 aromatic carbocycles. The Labute approximate surface area is 417 Å². The predicted octanol–water partition coefficient (Wildman–Crippen LogP) is 15.8. The number of hydrogen-bond donors (Lipinski definition) is 0. The smallest absolute Gasteiger partial charge is 0.385 e. The average Bonchev–Trinajstić information content (AvgIpc) is 3.14. The number of rotatable bonds is 27. The molecule has 0 saturated carbocycles. The van der Waals surface area contributed by atoms with E-state index in [2.05, 4.69) is 14.0 Å². The summed E-state index contributed by atoms with van der Waals surface area (Å²) >= 11 is 0.638. The Morgan fingerprint density at radius 1 is 0.233 bits per heavy atom. The molecule has 73 heavy (non-hydrogen) atoms. The van der Waals surface area contributed by atoms with Crippen molar-refractivity contribution in [1.29, 1.82) is 0 Å². The van der Waals surface area contributed by atoms with Crippen LogP contribution in [0.5, 0.6) is 0 Å². The van der Waals surface area contributed by atoms with Crippen molar-refractivity contribution in [1.82, 2.24) is 0 Å². The van der Waals surface area contributed by atoms with E-state index in [1.807, 2.05) is 0 Å². The first-order valence-electron chi connectivity index (χ1n) is 16.9. The van der Waals surface area contributed by atoms with Gasteiger partial charge in [-0.15, -0.1) is 0 Å². The summed E-state index contributed by atoms with van der Waals surface area (Å²) in [5, 5.41) is 0. The highest BCUT2D eigenvalue weighted by Crippen LogP contribution is 2.64. The van der Waals surface area contributed by atoms with Crippen molar-refractivity contribution in [3.63, 3.8) is 0 Å². The number of halogens is 42. The second-order valence-corrected chi connectivity index (χ2v) is 19.5. The van der Waals surface area contributed by atoms with E-state index in [0.29, 0.717) is 0 Å². The third kappa shape index (κ3) is 12.7. The van der Waals surface area contributed by atoms with Crippen molar-refractivity contribution in [2.24, 2.45) is 0 Å². The molecule has 0 rings (SSSR count). The van der Waals surface area contributed by atoms with Gasteiger partial charge in [-0.2, -0.15) is 171 Å². The standard InChI is InChI=1S/C27H15BF39I3O3/c29-10(30,13(35,36)16(41,42)19(47,48)22(53,54)25(59,60)61)1-7(68)4-71-28(72-5-8(69)2-11(31,32)14(37,38)17(43,44)20(49,50)23(55,56)26(62,63)64)73-6-9(70)3-12(33,34)15(39,40)18(45,46)21(51,52)24(57,58)27(65,66)67/h7-9H,1-6H2. The first-order valence-corrected chi connectivity index (χ1v) is 20.6. The van der Waals surface area contributed by atoms with Crippen LogP contribution in [0.1, 0.15) is 19.3 Å². The molecule has 3 unspecified atom stereocenters. The monoisotopic (exact) mass is 1520 g/mol. The number of hydrogen-bond acceptors (Lipinski definition) is 3. The first-order chi connectivity index (χ1) is 31.2. The highest BCUT2D eigenvalue weighted by molar-refractivity contribution is 14.1. The van der Waals surface area contributed by atoms with Crippen LogP contribution in [0.2, 0.25) is 0 Å². The second kappa shape index (κ2) is 21.5. The van der Waals surface area contributed by atoms with Gasteiger partial charge in [0.1, 0.15) is 0 Å². The van der Waals surface area contributed by atoms with Gasteiger partial charge in [-0.3, -0.25) is 0 Å². The lowest BCUT2D eigenvalue weighted by Gasteiger charge is -2.40. The molecule has 0 amide bonds. The van der Waals surface area contributed by atoms with Crippen molar-refractivity contribution in [2.45, 2.75) is 138 Å². The molecule has 0 heterocycles. The van der Waals surface area contributed by atoms with Gasteiger partial charge in [0, 0.05) is 50.9 Å². The SMILES string of the molecule is FC(F)(F)C(F)(F)C(F)(F)C(F)(F)C(F)(F)C(F)(F)CC(I)COB(OCC(I)CC(F)(F)C(F)(F)C(F)(F)C(F)(F)C(F)(F)C(F)(F)F)OCC(I)CC(F)(F)C(F)(F)C(F)(F)C(F)(F)C(F)(F)C(F)(F)F. The van der Waals surface area contributed by atoms with Crippen LogP contribution < -0.4 is 0 Å². The van der Waals surface area contributed by atoms with E-state index >= 15 is 0 Å². The average molecular weight is 1520 g/mol. The molecule has 0 spiro atoms. The van der Waals surface area contributed by atoms with Gasteiger partial charge in [0.2, 0.25) is 0 Å². The van der Waals surface area contributed by atoms with Crippen LogP contribution in [0, 0.1) is 0 Å². The van der Waals surface area contributed by atoms with Crippen molar-refractivity contribution < 1.29 is 185 Å². The summed E-state index contributed by atoms with van der Waals surface area (Å²) in [6.07, 6.45) is -33.5. The molecule has 0 bridgehead atoms. The summed E-state index contributed by atoms with van der Waals surface area (Å²) in [7, 11) is -3.52. The molecule has 0 aliphatic heterocycles. The van der Waals surface area contributed by atoms with Crippen LogP contribution >= 0.6 is 67.8 Å². The Balaban J connectivity index is 7.00. The maximum Gasteiger partial charge on any atom is 0.639 e. The van der Waals surface area contributed by atoms with Gasteiger partial charge in [0.05, 0.1) is 0 Å². The quantitative estimate of drug-likeness (QED) is 0.0355. The highest BCUT2D eigenvalue weighted by atomic mass is 127. The van der Waals surface area contributed by atoms with Crippen LogP contribution in [0.4, 0.5) is 171 Å². The fourth-order valence-corrected chi connectivity index (χ4v) is 6.78. The van der Waals surface area contributed by atoms with Crippen molar-refractivity contribution >= 4 is 75.1 Å². The van der Waals surface area contributed by atoms with E-state index in [0.717, 1.165) is 0 Å². The molecule has 438 valence electrons. The largest absolute Gasteiger partial charge is 0.639 e. The van der Waals surface area contributed by atoms with E-state index in [-0.39, 0.29) is 67.8 Å². The van der Waals surface area contributed by atoms with Crippen LogP contribution in [0.15, 0.2) is 0 Å². The maximum absolute atomic E-state index is 14.4. The minimum atomic E-state index is -8.49. The molecule has 46 heteroatoms. The van der Waals surface area contributed by atoms with Gasteiger partial charge in [0.25, 0.3) is 0 Å². The Hall–Kier alpha value is -0.595. The Kier molecular flexibility index (Phi) is 21.3. The van der Waals surface area contributed by atoms with Gasteiger partial charge in [-0.05, 0) is 0 Å². The minimum Gasteiger partial charge on any atom is -0.385 e. The van der Waals surface area contributed by atoms with Gasteiger partial charge in [-0.1, -0.05) is 67.8 Å². The van der Waals surface area contributed by atoms with Crippen molar-refractivity contribution in [3.8, 4) is 0 Å². The third-order valence-electron chi connectivity index (χ3n) is 8.67. The molecule has 0 fully saturated rings. The lowest BCUT2D eigenvalue weighted by Crippen LogP contribution is -2.70. The summed E-state index contributed by atoms with van der Waals surface area (Å²) in [6.45, 7) is -6.70. The zero-order valence-corrected chi connectivity index (χ0v) is 39.1. The molecule has 3 nitrogen and oxygen atoms in total. The zero-order valence-electron chi connectivity index (χ0n) is 32.7. The van der Waals surface area contributed by atoms with Crippen molar-refractivity contribution in [2.75, 3.05) is 19.8 Å². The lowest BCUT2D eigenvalue weighted by atomic mass is 9.92. The minimum absolute atomic E-state index is 0.213. The van der Waals surface area contributed by atoms with Crippen LogP contribution in [0.3, 0.4) is 0 Å². The molecule has 0 N–H and O–H groups in total. The summed E-state index contributed by atoms with van der Waals surface area (Å²) in [4.78, 5) is 0. The van der Waals surface area contributed by atoms with E-state index in [4.69, 9.17) is 0 Å². The molecule has 0 aliphatic rings. The topological polar surface area (TPSA) is 27.7 Å². The molecule has 3 atom stereocenters.